The molecule has 0 spiro atoms. The summed E-state index contributed by atoms with van der Waals surface area (Å²) in [5, 5.41) is -0.199. The molecule has 0 radical (unpaired) electrons. The number of hydrogen-bond acceptors (Lipinski definition) is 3. The van der Waals surface area contributed by atoms with Crippen molar-refractivity contribution in [3.63, 3.8) is 0 Å². The molecule has 86 valence electrons. The van der Waals surface area contributed by atoms with Crippen molar-refractivity contribution in [2.75, 3.05) is 0 Å². The Morgan fingerprint density at radius 2 is 1.88 bits per heavy atom. The molecule has 0 aromatic heterocycles. The van der Waals surface area contributed by atoms with E-state index in [0.29, 0.717) is 10.6 Å². The average Bonchev–Trinajstić information content (AvgIpc) is 2.26. The largest absolute Gasteiger partial charge is 0.448 e. The van der Waals surface area contributed by atoms with Crippen molar-refractivity contribution in [1.29, 1.82) is 0 Å². The van der Waals surface area contributed by atoms with Gasteiger partial charge in [0.15, 0.2) is 0 Å². The molecule has 0 saturated carbocycles. The van der Waals surface area contributed by atoms with Crippen LogP contribution >= 0.6 is 23.2 Å². The fraction of sp³-hybridized carbons (Fsp3) is 0.273. The second kappa shape index (κ2) is 5.87. The van der Waals surface area contributed by atoms with E-state index in [1.807, 2.05) is 0 Å². The van der Waals surface area contributed by atoms with Crippen LogP contribution in [-0.4, -0.2) is 11.2 Å². The van der Waals surface area contributed by atoms with Crippen LogP contribution in [0.4, 0.5) is 0 Å². The molecule has 0 N–H and O–H groups in total. The zero-order valence-corrected chi connectivity index (χ0v) is 10.1. The summed E-state index contributed by atoms with van der Waals surface area (Å²) in [6, 6.07) is 6.39. The van der Waals surface area contributed by atoms with Gasteiger partial charge in [0.05, 0.1) is 0 Å². The first kappa shape index (κ1) is 13.0. The molecule has 0 aliphatic heterocycles. The van der Waals surface area contributed by atoms with E-state index in [9.17, 15) is 9.59 Å². The van der Waals surface area contributed by atoms with Gasteiger partial charge in [0.25, 0.3) is 5.24 Å². The lowest BCUT2D eigenvalue weighted by Crippen LogP contribution is -2.15. The minimum absolute atomic E-state index is 0.189. The average molecular weight is 261 g/mol. The number of ether oxygens (including phenoxy) is 1. The lowest BCUT2D eigenvalue weighted by molar-refractivity contribution is -0.152. The summed E-state index contributed by atoms with van der Waals surface area (Å²) in [5.74, 6) is -0.478. The topological polar surface area (TPSA) is 43.4 Å². The monoisotopic (exact) mass is 260 g/mol. The number of halogens is 2. The first-order chi connectivity index (χ1) is 7.54. The molecule has 3 nitrogen and oxygen atoms in total. The Morgan fingerprint density at radius 1 is 1.31 bits per heavy atom. The van der Waals surface area contributed by atoms with Crippen molar-refractivity contribution >= 4 is 34.4 Å². The lowest BCUT2D eigenvalue weighted by atomic mass is 10.1. The SMILES string of the molecule is CCC(=O)OC(C(=O)Cl)c1ccc(Cl)cc1. The molecule has 0 saturated heterocycles. The van der Waals surface area contributed by atoms with E-state index < -0.39 is 17.3 Å². The zero-order chi connectivity index (χ0) is 12.1. The van der Waals surface area contributed by atoms with E-state index in [4.69, 9.17) is 27.9 Å². The molecule has 16 heavy (non-hydrogen) atoms. The first-order valence-corrected chi connectivity index (χ1v) is 5.44. The normalized spacial score (nSPS) is 11.9. The Morgan fingerprint density at radius 3 is 2.31 bits per heavy atom. The first-order valence-electron chi connectivity index (χ1n) is 4.69. The van der Waals surface area contributed by atoms with Gasteiger partial charge >= 0.3 is 5.97 Å². The summed E-state index contributed by atoms with van der Waals surface area (Å²) in [7, 11) is 0. The van der Waals surface area contributed by atoms with Crippen LogP contribution in [0.25, 0.3) is 0 Å². The van der Waals surface area contributed by atoms with Crippen molar-refractivity contribution in [3.8, 4) is 0 Å². The summed E-state index contributed by atoms with van der Waals surface area (Å²) in [6.45, 7) is 1.64. The predicted molar refractivity (Wildman–Crippen MR) is 61.4 cm³/mol. The highest BCUT2D eigenvalue weighted by atomic mass is 35.5. The Kier molecular flexibility index (Phi) is 4.77. The van der Waals surface area contributed by atoms with Crippen molar-refractivity contribution in [3.05, 3.63) is 34.9 Å². The highest BCUT2D eigenvalue weighted by Gasteiger charge is 2.22. The number of hydrogen-bond donors (Lipinski definition) is 0. The molecule has 1 aromatic carbocycles. The van der Waals surface area contributed by atoms with Gasteiger partial charge in [-0.25, -0.2) is 0 Å². The third-order valence-electron chi connectivity index (χ3n) is 1.92. The Labute approximate surface area is 103 Å². The van der Waals surface area contributed by atoms with Crippen molar-refractivity contribution in [1.82, 2.24) is 0 Å². The van der Waals surface area contributed by atoms with Gasteiger partial charge < -0.3 is 4.74 Å². The summed E-state index contributed by atoms with van der Waals surface area (Å²) in [6.07, 6.45) is -0.875. The fourth-order valence-corrected chi connectivity index (χ4v) is 1.39. The zero-order valence-electron chi connectivity index (χ0n) is 8.57. The van der Waals surface area contributed by atoms with E-state index in [2.05, 4.69) is 0 Å². The molecular formula is C11H10Cl2O3. The smallest absolute Gasteiger partial charge is 0.306 e. The maximum atomic E-state index is 11.1. The van der Waals surface area contributed by atoms with Crippen LogP contribution in [0.2, 0.25) is 5.02 Å². The minimum atomic E-state index is -1.06. The number of benzene rings is 1. The Hall–Kier alpha value is -1.06. The van der Waals surface area contributed by atoms with Crippen LogP contribution in [0.1, 0.15) is 25.0 Å². The summed E-state index contributed by atoms with van der Waals surface area (Å²) in [4.78, 5) is 22.2. The van der Waals surface area contributed by atoms with E-state index in [-0.39, 0.29) is 6.42 Å². The van der Waals surface area contributed by atoms with Crippen molar-refractivity contribution < 1.29 is 14.3 Å². The standard InChI is InChI=1S/C11H10Cl2O3/c1-2-9(14)16-10(11(13)15)7-3-5-8(12)6-4-7/h3-6,10H,2H2,1H3. The third kappa shape index (κ3) is 3.51. The molecule has 0 amide bonds. The molecule has 5 heteroatoms. The number of esters is 1. The Bertz CT molecular complexity index is 387. The van der Waals surface area contributed by atoms with E-state index in [0.717, 1.165) is 0 Å². The van der Waals surface area contributed by atoms with Gasteiger partial charge in [0, 0.05) is 17.0 Å². The van der Waals surface area contributed by atoms with Gasteiger partial charge in [-0.3, -0.25) is 9.59 Å². The van der Waals surface area contributed by atoms with Crippen LogP contribution in [-0.2, 0) is 14.3 Å². The predicted octanol–water partition coefficient (Wildman–Crippen LogP) is 3.10. The van der Waals surface area contributed by atoms with Crippen molar-refractivity contribution in [2.24, 2.45) is 0 Å². The third-order valence-corrected chi connectivity index (χ3v) is 2.37. The minimum Gasteiger partial charge on any atom is -0.448 e. The molecule has 1 unspecified atom stereocenters. The van der Waals surface area contributed by atoms with Gasteiger partial charge in [0.1, 0.15) is 0 Å². The maximum absolute atomic E-state index is 11.1. The molecule has 1 atom stereocenters. The molecule has 0 heterocycles. The van der Waals surface area contributed by atoms with Crippen LogP contribution in [0.5, 0.6) is 0 Å². The number of carbonyl (C=O) groups excluding carboxylic acids is 2. The second-order valence-corrected chi connectivity index (χ2v) is 3.89. The number of rotatable bonds is 4. The van der Waals surface area contributed by atoms with E-state index in [1.165, 1.54) is 0 Å². The molecule has 0 fully saturated rings. The fourth-order valence-electron chi connectivity index (χ4n) is 1.10. The summed E-state index contributed by atoms with van der Waals surface area (Å²) in [5.41, 5.74) is 0.506. The number of carbonyl (C=O) groups is 2. The quantitative estimate of drug-likeness (QED) is 0.617. The summed E-state index contributed by atoms with van der Waals surface area (Å²) < 4.78 is 4.92. The van der Waals surface area contributed by atoms with Gasteiger partial charge in [0.2, 0.25) is 6.10 Å². The molecule has 0 aliphatic rings. The van der Waals surface area contributed by atoms with Gasteiger partial charge in [-0.15, -0.1) is 0 Å². The highest BCUT2D eigenvalue weighted by molar-refractivity contribution is 6.64. The molecule has 0 bridgehead atoms. The van der Waals surface area contributed by atoms with Gasteiger partial charge in [-0.05, 0) is 23.7 Å². The van der Waals surface area contributed by atoms with Crippen LogP contribution in [0.3, 0.4) is 0 Å². The molecule has 0 aliphatic carbocycles. The van der Waals surface area contributed by atoms with Crippen LogP contribution in [0, 0.1) is 0 Å². The highest BCUT2D eigenvalue weighted by Crippen LogP contribution is 2.22. The molecule has 1 rings (SSSR count). The van der Waals surface area contributed by atoms with Crippen LogP contribution < -0.4 is 0 Å². The van der Waals surface area contributed by atoms with E-state index >= 15 is 0 Å². The second-order valence-electron chi connectivity index (χ2n) is 3.08. The molecule has 1 aromatic rings. The van der Waals surface area contributed by atoms with E-state index in [1.54, 1.807) is 31.2 Å². The van der Waals surface area contributed by atoms with Gasteiger partial charge in [-0.1, -0.05) is 30.7 Å². The Balaban J connectivity index is 2.89. The lowest BCUT2D eigenvalue weighted by Gasteiger charge is -2.13. The molecular weight excluding hydrogens is 251 g/mol. The van der Waals surface area contributed by atoms with Crippen molar-refractivity contribution in [2.45, 2.75) is 19.4 Å². The van der Waals surface area contributed by atoms with Crippen LogP contribution in [0.15, 0.2) is 24.3 Å². The maximum Gasteiger partial charge on any atom is 0.306 e. The summed E-state index contributed by atoms with van der Waals surface area (Å²) >= 11 is 11.1. The van der Waals surface area contributed by atoms with Gasteiger partial charge in [-0.2, -0.15) is 0 Å².